The van der Waals surface area contributed by atoms with Gasteiger partial charge in [-0.15, -0.1) is 0 Å². The van der Waals surface area contributed by atoms with E-state index in [1.54, 1.807) is 12.1 Å². The molecule has 9 heteroatoms. The number of fused-ring (bicyclic) bond motifs is 1. The summed E-state index contributed by atoms with van der Waals surface area (Å²) in [4.78, 5) is 22.3. The van der Waals surface area contributed by atoms with E-state index in [0.717, 1.165) is 18.5 Å². The number of hydrogen-bond donors (Lipinski definition) is 2. The van der Waals surface area contributed by atoms with E-state index in [-0.39, 0.29) is 28.8 Å². The third-order valence-electron chi connectivity index (χ3n) is 6.08. The molecule has 1 unspecified atom stereocenters. The lowest BCUT2D eigenvalue weighted by Gasteiger charge is -2.35. The van der Waals surface area contributed by atoms with Crippen LogP contribution in [0.1, 0.15) is 45.1 Å². The summed E-state index contributed by atoms with van der Waals surface area (Å²) in [7, 11) is 1.89. The first kappa shape index (κ1) is 26.6. The van der Waals surface area contributed by atoms with Gasteiger partial charge in [-0.2, -0.15) is 0 Å². The quantitative estimate of drug-likeness (QED) is 0.456. The highest BCUT2D eigenvalue weighted by atomic mass is 35.5. The molecule has 0 saturated carbocycles. The van der Waals surface area contributed by atoms with Crippen molar-refractivity contribution in [2.75, 3.05) is 18.9 Å². The van der Waals surface area contributed by atoms with Crippen LogP contribution < -0.4 is 15.8 Å². The second-order valence-corrected chi connectivity index (χ2v) is 9.15. The van der Waals surface area contributed by atoms with Crippen LogP contribution in [-0.4, -0.2) is 46.5 Å². The van der Waals surface area contributed by atoms with Crippen molar-refractivity contribution >= 4 is 39.9 Å². The minimum Gasteiger partial charge on any atom is -0.490 e. The second kappa shape index (κ2) is 12.1. The zero-order valence-electron chi connectivity index (χ0n) is 20.6. The lowest BCUT2D eigenvalue weighted by atomic mass is 9.99. The zero-order valence-corrected chi connectivity index (χ0v) is 21.4. The highest BCUT2D eigenvalue weighted by Crippen LogP contribution is 2.33. The molecule has 1 aliphatic heterocycles. The van der Waals surface area contributed by atoms with E-state index < -0.39 is 5.82 Å². The average Bonchev–Trinajstić information content (AvgIpc) is 2.84. The number of unbranched alkanes of at least 4 members (excludes halogenated alkanes) is 1. The normalized spacial score (nSPS) is 18.0. The van der Waals surface area contributed by atoms with Gasteiger partial charge in [-0.25, -0.2) is 14.4 Å². The maximum atomic E-state index is 14.4. The second-order valence-electron chi connectivity index (χ2n) is 8.75. The number of carbonyl (C=O) groups excluding carboxylic acids is 1. The van der Waals surface area contributed by atoms with Gasteiger partial charge in [0.2, 0.25) is 5.91 Å². The molecule has 3 N–H and O–H groups in total. The Balaban J connectivity index is 0.000000795. The zero-order chi connectivity index (χ0) is 25.5. The summed E-state index contributed by atoms with van der Waals surface area (Å²) in [5, 5.41) is 3.71. The van der Waals surface area contributed by atoms with Gasteiger partial charge in [0.1, 0.15) is 24.0 Å². The molecule has 0 bridgehead atoms. The molecular weight excluding hydrogens is 469 g/mol. The highest BCUT2D eigenvalue weighted by molar-refractivity contribution is 6.31. The van der Waals surface area contributed by atoms with E-state index in [1.165, 1.54) is 25.2 Å². The molecule has 7 nitrogen and oxygen atoms in total. The molecule has 2 atom stereocenters. The molecule has 4 rings (SSSR count). The standard InChI is InChI=1S/C22H23ClFN5O2.C4H10/c1-12-8-17-14(10-19(12)31-13-6-7-29(2)18(9-13)21(25)30)22(27-11-26-17)28-16-5-3-4-15(23)20(16)24;1-3-4-2/h3-5,8,10-11,13,18H,6-7,9H2,1-2H3,(H2,25,30)(H,26,27,28);3-4H2,1-2H3/t13-,18?;/m1./s1. The number of likely N-dealkylation sites (N-methyl/N-ethyl adjacent to an activating group) is 1. The molecule has 35 heavy (non-hydrogen) atoms. The summed E-state index contributed by atoms with van der Waals surface area (Å²) in [5.41, 5.74) is 7.35. The fourth-order valence-corrected chi connectivity index (χ4v) is 3.99. The maximum Gasteiger partial charge on any atom is 0.234 e. The average molecular weight is 502 g/mol. The Morgan fingerprint density at radius 3 is 2.71 bits per heavy atom. The van der Waals surface area contributed by atoms with Crippen molar-refractivity contribution < 1.29 is 13.9 Å². The number of rotatable bonds is 6. The third kappa shape index (κ3) is 6.58. The number of carbonyl (C=O) groups is 1. The van der Waals surface area contributed by atoms with Crippen molar-refractivity contribution in [3.63, 3.8) is 0 Å². The van der Waals surface area contributed by atoms with Crippen LogP contribution in [-0.2, 0) is 4.79 Å². The first-order chi connectivity index (χ1) is 16.7. The van der Waals surface area contributed by atoms with Crippen molar-refractivity contribution in [1.29, 1.82) is 0 Å². The van der Waals surface area contributed by atoms with Crippen LogP contribution in [0.15, 0.2) is 36.7 Å². The van der Waals surface area contributed by atoms with Gasteiger partial charge in [0.25, 0.3) is 0 Å². The SMILES string of the molecule is CCCC.Cc1cc2ncnc(Nc3cccc(Cl)c3F)c2cc1O[C@@H]1CCN(C)C(C(N)=O)C1. The summed E-state index contributed by atoms with van der Waals surface area (Å²) in [5.74, 6) is 0.196. The Hall–Kier alpha value is -2.97. The van der Waals surface area contributed by atoms with Crippen LogP contribution in [0.4, 0.5) is 15.9 Å². The molecule has 1 amide bonds. The fourth-order valence-electron chi connectivity index (χ4n) is 3.81. The number of benzene rings is 2. The minimum absolute atomic E-state index is 0.0227. The first-order valence-electron chi connectivity index (χ1n) is 11.9. The highest BCUT2D eigenvalue weighted by Gasteiger charge is 2.31. The van der Waals surface area contributed by atoms with Crippen molar-refractivity contribution in [2.24, 2.45) is 5.73 Å². The Morgan fingerprint density at radius 2 is 2.03 bits per heavy atom. The molecule has 1 fully saturated rings. The monoisotopic (exact) mass is 501 g/mol. The predicted molar refractivity (Wildman–Crippen MR) is 139 cm³/mol. The third-order valence-corrected chi connectivity index (χ3v) is 6.37. The number of ether oxygens (including phenoxy) is 1. The van der Waals surface area contributed by atoms with Crippen LogP contribution >= 0.6 is 11.6 Å². The molecule has 2 heterocycles. The van der Waals surface area contributed by atoms with Gasteiger partial charge in [0, 0.05) is 18.4 Å². The van der Waals surface area contributed by atoms with E-state index in [4.69, 9.17) is 22.1 Å². The van der Waals surface area contributed by atoms with Gasteiger partial charge in [0.15, 0.2) is 5.82 Å². The van der Waals surface area contributed by atoms with Crippen molar-refractivity contribution in [1.82, 2.24) is 14.9 Å². The molecule has 3 aromatic rings. The topological polar surface area (TPSA) is 93.4 Å². The van der Waals surface area contributed by atoms with Crippen molar-refractivity contribution in [2.45, 2.75) is 58.6 Å². The number of amides is 1. The molecule has 0 radical (unpaired) electrons. The number of nitrogens with zero attached hydrogens (tertiary/aromatic N) is 3. The van der Waals surface area contributed by atoms with Crippen molar-refractivity contribution in [3.05, 3.63) is 53.1 Å². The number of aromatic nitrogens is 2. The van der Waals surface area contributed by atoms with Crippen LogP contribution in [0, 0.1) is 12.7 Å². The van der Waals surface area contributed by atoms with Gasteiger partial charge in [-0.1, -0.05) is 44.4 Å². The van der Waals surface area contributed by atoms with Crippen LogP contribution in [0.3, 0.4) is 0 Å². The lowest BCUT2D eigenvalue weighted by molar-refractivity contribution is -0.125. The summed E-state index contributed by atoms with van der Waals surface area (Å²) in [6, 6.07) is 8.11. The number of anilines is 2. The van der Waals surface area contributed by atoms with Crippen molar-refractivity contribution in [3.8, 4) is 5.75 Å². The van der Waals surface area contributed by atoms with E-state index >= 15 is 0 Å². The number of likely N-dealkylation sites (tertiary alicyclic amines) is 1. The van der Waals surface area contributed by atoms with Gasteiger partial charge in [-0.05, 0) is 50.2 Å². The van der Waals surface area contributed by atoms with E-state index in [2.05, 4.69) is 29.1 Å². The number of aryl methyl sites for hydroxylation is 1. The Labute approximate surface area is 210 Å². The van der Waals surface area contributed by atoms with Gasteiger partial charge in [-0.3, -0.25) is 9.69 Å². The molecule has 0 aliphatic carbocycles. The molecule has 2 aromatic carbocycles. The minimum atomic E-state index is -0.552. The Kier molecular flexibility index (Phi) is 9.23. The number of nitrogens with one attached hydrogen (secondary N) is 1. The number of nitrogens with two attached hydrogens (primary N) is 1. The van der Waals surface area contributed by atoms with Crippen LogP contribution in [0.5, 0.6) is 5.75 Å². The van der Waals surface area contributed by atoms with Crippen LogP contribution in [0.2, 0.25) is 5.02 Å². The Bertz CT molecular complexity index is 1170. The number of hydrogen-bond acceptors (Lipinski definition) is 6. The number of primary amides is 1. The van der Waals surface area contributed by atoms with Gasteiger partial charge >= 0.3 is 0 Å². The summed E-state index contributed by atoms with van der Waals surface area (Å²) >= 11 is 5.89. The molecule has 0 spiro atoms. The molecular formula is C26H33ClFN5O2. The summed E-state index contributed by atoms with van der Waals surface area (Å²) in [6.45, 7) is 7.01. The molecule has 1 aliphatic rings. The van der Waals surface area contributed by atoms with E-state index in [0.29, 0.717) is 28.9 Å². The van der Waals surface area contributed by atoms with Gasteiger partial charge < -0.3 is 15.8 Å². The van der Waals surface area contributed by atoms with Crippen LogP contribution in [0.25, 0.3) is 10.9 Å². The largest absolute Gasteiger partial charge is 0.490 e. The van der Waals surface area contributed by atoms with Gasteiger partial charge in [0.05, 0.1) is 22.3 Å². The van der Waals surface area contributed by atoms with E-state index in [9.17, 15) is 9.18 Å². The maximum absolute atomic E-state index is 14.4. The molecule has 1 aromatic heterocycles. The summed E-state index contributed by atoms with van der Waals surface area (Å²) in [6.07, 6.45) is 5.22. The van der Waals surface area contributed by atoms with E-state index in [1.807, 2.05) is 31.0 Å². The Morgan fingerprint density at radius 1 is 1.29 bits per heavy atom. The molecule has 1 saturated heterocycles. The summed E-state index contributed by atoms with van der Waals surface area (Å²) < 4.78 is 20.6. The number of halogens is 2. The smallest absolute Gasteiger partial charge is 0.234 e. The fraction of sp³-hybridized carbons (Fsp3) is 0.423. The predicted octanol–water partition coefficient (Wildman–Crippen LogP) is 5.61. The molecule has 188 valence electrons. The first-order valence-corrected chi connectivity index (χ1v) is 12.3. The number of piperidine rings is 1. The lowest BCUT2D eigenvalue weighted by Crippen LogP contribution is -2.50.